The predicted molar refractivity (Wildman–Crippen MR) is 182 cm³/mol. The normalized spacial score (nSPS) is 10.9. The van der Waals surface area contributed by atoms with E-state index in [1.807, 2.05) is 35.6 Å². The molecule has 0 saturated heterocycles. The largest absolute Gasteiger partial charge is 0.368 e. The Morgan fingerprint density at radius 3 is 2.22 bits per heavy atom. The zero-order valence-electron chi connectivity index (χ0n) is 24.4. The van der Waals surface area contributed by atoms with Gasteiger partial charge in [-0.15, -0.1) is 11.3 Å². The lowest BCUT2D eigenvalue weighted by Crippen LogP contribution is -2.19. The number of thiazole rings is 1. The minimum Gasteiger partial charge on any atom is -0.368 e. The van der Waals surface area contributed by atoms with Crippen LogP contribution >= 0.6 is 34.5 Å². The number of hydrogen-bond acceptors (Lipinski definition) is 10. The molecule has 5 aromatic heterocycles. The second-order valence-electron chi connectivity index (χ2n) is 10.2. The van der Waals surface area contributed by atoms with E-state index in [0.29, 0.717) is 44.9 Å². The Kier molecular flexibility index (Phi) is 11.2. The van der Waals surface area contributed by atoms with Crippen LogP contribution in [-0.4, -0.2) is 57.1 Å². The van der Waals surface area contributed by atoms with Gasteiger partial charge in [0.15, 0.2) is 21.6 Å². The maximum absolute atomic E-state index is 12.1. The number of carbonyl (C=O) groups is 1. The van der Waals surface area contributed by atoms with Crippen LogP contribution in [0.3, 0.4) is 0 Å². The summed E-state index contributed by atoms with van der Waals surface area (Å²) in [6.45, 7) is 8.88. The summed E-state index contributed by atoms with van der Waals surface area (Å²) < 4.78 is 3.70. The third-order valence-corrected chi connectivity index (χ3v) is 7.66. The van der Waals surface area contributed by atoms with Crippen molar-refractivity contribution in [3.05, 3.63) is 70.6 Å². The molecule has 0 fully saturated rings. The molecular weight excluding hydrogens is 635 g/mol. The SMILES string of the molecule is C.CC(C)n1cc2ncnc(Cl)c2n1.CC(C)n1cc2ncnc(NCCc3cnc(NC(=O)Nc4cccc(Cl)c4)s3)c2n1. The molecule has 0 atom stereocenters. The monoisotopic (exact) mass is 668 g/mol. The summed E-state index contributed by atoms with van der Waals surface area (Å²) in [7, 11) is 0. The third-order valence-electron chi connectivity index (χ3n) is 6.18. The first-order chi connectivity index (χ1) is 21.2. The van der Waals surface area contributed by atoms with Crippen LogP contribution in [0, 0.1) is 0 Å². The Hall–Kier alpha value is -4.40. The molecule has 0 aliphatic heterocycles. The molecule has 0 spiro atoms. The van der Waals surface area contributed by atoms with E-state index >= 15 is 0 Å². The van der Waals surface area contributed by atoms with E-state index in [1.54, 1.807) is 30.5 Å². The quantitative estimate of drug-likeness (QED) is 0.140. The lowest BCUT2D eigenvalue weighted by molar-refractivity contribution is 0.262. The van der Waals surface area contributed by atoms with E-state index in [-0.39, 0.29) is 19.5 Å². The molecule has 0 unspecified atom stereocenters. The average Bonchev–Trinajstić information content (AvgIpc) is 3.73. The van der Waals surface area contributed by atoms with Gasteiger partial charge in [-0.2, -0.15) is 10.2 Å². The number of anilines is 3. The Morgan fingerprint density at radius 1 is 0.889 bits per heavy atom. The number of urea groups is 1. The molecule has 45 heavy (non-hydrogen) atoms. The van der Waals surface area contributed by atoms with Crippen LogP contribution in [0.5, 0.6) is 0 Å². The van der Waals surface area contributed by atoms with Crippen molar-refractivity contribution in [1.82, 2.24) is 44.5 Å². The standard InChI is InChI=1S/C20H21ClN8OS.C8H9ClN4.CH4/c1-12(2)29-10-16-17(28-29)18(25-11-24-16)22-7-6-15-9-23-20(31-15)27-19(30)26-14-5-3-4-13(21)8-14;1-5(2)13-3-6-7(12-13)8(9)11-4-10-6;/h3-5,8-12H,6-7H2,1-2H3,(H,22,24,25)(H2,23,26,27,30);3-5H,1-2H3;1H4. The zero-order valence-corrected chi connectivity index (χ0v) is 26.7. The molecule has 0 aliphatic carbocycles. The number of aromatic nitrogens is 9. The lowest BCUT2D eigenvalue weighted by Gasteiger charge is -2.05. The first-order valence-electron chi connectivity index (χ1n) is 13.7. The third kappa shape index (κ3) is 8.62. The summed E-state index contributed by atoms with van der Waals surface area (Å²) in [6, 6.07) is 7.14. The van der Waals surface area contributed by atoms with Crippen molar-refractivity contribution in [3.63, 3.8) is 0 Å². The van der Waals surface area contributed by atoms with Crippen LogP contribution in [0.1, 0.15) is 52.1 Å². The molecule has 3 N–H and O–H groups in total. The van der Waals surface area contributed by atoms with Crippen LogP contribution < -0.4 is 16.0 Å². The summed E-state index contributed by atoms with van der Waals surface area (Å²) in [5.41, 5.74) is 3.62. The molecule has 2 amide bonds. The van der Waals surface area contributed by atoms with Crippen molar-refractivity contribution in [1.29, 1.82) is 0 Å². The second-order valence-corrected chi connectivity index (χ2v) is 12.1. The Bertz CT molecular complexity index is 1880. The molecule has 5 heterocycles. The van der Waals surface area contributed by atoms with E-state index in [0.717, 1.165) is 27.8 Å². The number of nitrogens with zero attached hydrogens (tertiary/aromatic N) is 9. The fourth-order valence-electron chi connectivity index (χ4n) is 3.95. The molecule has 13 nitrogen and oxygen atoms in total. The van der Waals surface area contributed by atoms with Crippen LogP contribution in [-0.2, 0) is 6.42 Å². The molecular formula is C29H34Cl2N12OS. The van der Waals surface area contributed by atoms with E-state index in [4.69, 9.17) is 23.2 Å². The highest BCUT2D eigenvalue weighted by molar-refractivity contribution is 7.15. The van der Waals surface area contributed by atoms with Crippen molar-refractivity contribution in [2.24, 2.45) is 0 Å². The van der Waals surface area contributed by atoms with Crippen molar-refractivity contribution in [3.8, 4) is 0 Å². The van der Waals surface area contributed by atoms with Gasteiger partial charge in [0.1, 0.15) is 29.2 Å². The van der Waals surface area contributed by atoms with Crippen molar-refractivity contribution in [2.75, 3.05) is 22.5 Å². The van der Waals surface area contributed by atoms with Crippen LogP contribution in [0.4, 0.5) is 21.4 Å². The van der Waals surface area contributed by atoms with E-state index in [2.05, 4.69) is 64.9 Å². The average molecular weight is 670 g/mol. The van der Waals surface area contributed by atoms with Crippen molar-refractivity contribution < 1.29 is 4.79 Å². The molecule has 236 valence electrons. The number of nitrogens with one attached hydrogen (secondary N) is 3. The summed E-state index contributed by atoms with van der Waals surface area (Å²) in [5.74, 6) is 0.702. The number of amides is 2. The Balaban J connectivity index is 0.000000275. The Morgan fingerprint density at radius 2 is 1.56 bits per heavy atom. The van der Waals surface area contributed by atoms with Gasteiger partial charge >= 0.3 is 6.03 Å². The maximum atomic E-state index is 12.1. The minimum atomic E-state index is -0.370. The summed E-state index contributed by atoms with van der Waals surface area (Å²) in [6.07, 6.45) is 9.24. The topological polar surface area (TPSA) is 153 Å². The van der Waals surface area contributed by atoms with Crippen molar-refractivity contribution in [2.45, 2.75) is 53.6 Å². The molecule has 6 rings (SSSR count). The van der Waals surface area contributed by atoms with Gasteiger partial charge in [-0.05, 0) is 45.9 Å². The maximum Gasteiger partial charge on any atom is 0.325 e. The second kappa shape index (κ2) is 15.1. The lowest BCUT2D eigenvalue weighted by atomic mass is 10.3. The van der Waals surface area contributed by atoms with Gasteiger partial charge in [0.25, 0.3) is 0 Å². The van der Waals surface area contributed by atoms with Crippen molar-refractivity contribution >= 4 is 79.3 Å². The number of hydrogen-bond donors (Lipinski definition) is 3. The molecule has 6 aromatic rings. The molecule has 1 aromatic carbocycles. The van der Waals surface area contributed by atoms with Gasteiger partial charge in [-0.1, -0.05) is 36.7 Å². The highest BCUT2D eigenvalue weighted by Crippen LogP contribution is 2.22. The number of carbonyl (C=O) groups excluding carboxylic acids is 1. The molecule has 0 bridgehead atoms. The predicted octanol–water partition coefficient (Wildman–Crippen LogP) is 7.51. The number of halogens is 2. The zero-order chi connectivity index (χ0) is 31.2. The molecule has 0 aliphatic rings. The Labute approximate surface area is 274 Å². The summed E-state index contributed by atoms with van der Waals surface area (Å²) in [4.78, 5) is 34.0. The van der Waals surface area contributed by atoms with Gasteiger partial charge in [0.2, 0.25) is 0 Å². The van der Waals surface area contributed by atoms with E-state index < -0.39 is 0 Å². The van der Waals surface area contributed by atoms with Gasteiger partial charge in [-0.25, -0.2) is 29.7 Å². The fourth-order valence-corrected chi connectivity index (χ4v) is 5.13. The highest BCUT2D eigenvalue weighted by Gasteiger charge is 2.12. The minimum absolute atomic E-state index is 0. The number of rotatable bonds is 8. The number of benzene rings is 1. The van der Waals surface area contributed by atoms with Crippen LogP contribution in [0.15, 0.2) is 55.5 Å². The molecule has 0 radical (unpaired) electrons. The summed E-state index contributed by atoms with van der Waals surface area (Å²) >= 11 is 13.2. The van der Waals surface area contributed by atoms with Crippen LogP contribution in [0.2, 0.25) is 10.2 Å². The first kappa shape index (κ1) is 33.5. The molecule has 16 heteroatoms. The first-order valence-corrected chi connectivity index (χ1v) is 15.3. The van der Waals surface area contributed by atoms with Gasteiger partial charge in [0, 0.05) is 46.8 Å². The highest BCUT2D eigenvalue weighted by atomic mass is 35.5. The fraction of sp³-hybridized carbons (Fsp3) is 0.310. The summed E-state index contributed by atoms with van der Waals surface area (Å²) in [5, 5.41) is 19.1. The molecule has 0 saturated carbocycles. The van der Waals surface area contributed by atoms with Gasteiger partial charge in [0.05, 0.1) is 12.4 Å². The van der Waals surface area contributed by atoms with E-state index in [9.17, 15) is 4.79 Å². The smallest absolute Gasteiger partial charge is 0.325 e. The van der Waals surface area contributed by atoms with Gasteiger partial charge in [-0.3, -0.25) is 14.7 Å². The number of fused-ring (bicyclic) bond motifs is 2. The van der Waals surface area contributed by atoms with Crippen LogP contribution in [0.25, 0.3) is 22.1 Å². The van der Waals surface area contributed by atoms with Gasteiger partial charge < -0.3 is 10.6 Å². The van der Waals surface area contributed by atoms with E-state index in [1.165, 1.54) is 24.0 Å².